The molecule has 0 aliphatic carbocycles. The van der Waals surface area contributed by atoms with Crippen LogP contribution in [0.5, 0.6) is 5.75 Å². The van der Waals surface area contributed by atoms with E-state index in [1.54, 1.807) is 0 Å². The van der Waals surface area contributed by atoms with E-state index in [0.29, 0.717) is 0 Å². The molecule has 2 aromatic carbocycles. The molecule has 0 saturated heterocycles. The lowest BCUT2D eigenvalue weighted by Gasteiger charge is -2.19. The van der Waals surface area contributed by atoms with E-state index < -0.39 is 0 Å². The molecule has 0 amide bonds. The van der Waals surface area contributed by atoms with Crippen molar-refractivity contribution in [2.75, 3.05) is 6.61 Å². The molecule has 0 aromatic heterocycles. The summed E-state index contributed by atoms with van der Waals surface area (Å²) < 4.78 is 5.97. The van der Waals surface area contributed by atoms with Gasteiger partial charge in [0.15, 0.2) is 0 Å². The van der Waals surface area contributed by atoms with E-state index in [0.717, 1.165) is 18.6 Å². The van der Waals surface area contributed by atoms with Crippen molar-refractivity contribution in [1.29, 1.82) is 0 Å². The summed E-state index contributed by atoms with van der Waals surface area (Å²) in [4.78, 5) is 0. The normalized spacial score (nSPS) is 18.4. The standard InChI is InChI=1S/C18H20O2/c1-13-6-8-14(9-7-13)16(12-19)11-17-10-15-4-2-3-5-18(15)20-17/h2-9,16-17,19H,10-12H2,1H3. The number of aliphatic hydroxyl groups is 1. The summed E-state index contributed by atoms with van der Waals surface area (Å²) in [5.41, 5.74) is 3.71. The van der Waals surface area contributed by atoms with Crippen LogP contribution < -0.4 is 4.74 Å². The summed E-state index contributed by atoms with van der Waals surface area (Å²) in [7, 11) is 0. The van der Waals surface area contributed by atoms with E-state index in [9.17, 15) is 5.11 Å². The van der Waals surface area contributed by atoms with Gasteiger partial charge >= 0.3 is 0 Å². The van der Waals surface area contributed by atoms with Crippen molar-refractivity contribution in [3.63, 3.8) is 0 Å². The lowest BCUT2D eigenvalue weighted by molar-refractivity contribution is 0.179. The van der Waals surface area contributed by atoms with Gasteiger partial charge in [-0.05, 0) is 30.5 Å². The van der Waals surface area contributed by atoms with Crippen molar-refractivity contribution in [3.8, 4) is 5.75 Å². The van der Waals surface area contributed by atoms with Gasteiger partial charge in [0.1, 0.15) is 11.9 Å². The van der Waals surface area contributed by atoms with Crippen LogP contribution in [0.2, 0.25) is 0 Å². The highest BCUT2D eigenvalue weighted by Crippen LogP contribution is 2.33. The first-order valence-corrected chi connectivity index (χ1v) is 7.18. The number of hydrogen-bond acceptors (Lipinski definition) is 2. The first-order chi connectivity index (χ1) is 9.76. The van der Waals surface area contributed by atoms with E-state index in [4.69, 9.17) is 4.74 Å². The molecule has 1 N–H and O–H groups in total. The Balaban J connectivity index is 1.69. The van der Waals surface area contributed by atoms with Gasteiger partial charge in [0, 0.05) is 12.3 Å². The molecule has 2 nitrogen and oxygen atoms in total. The van der Waals surface area contributed by atoms with Gasteiger partial charge in [-0.25, -0.2) is 0 Å². The third-order valence-electron chi connectivity index (χ3n) is 4.03. The van der Waals surface area contributed by atoms with Crippen molar-refractivity contribution < 1.29 is 9.84 Å². The molecule has 0 radical (unpaired) electrons. The van der Waals surface area contributed by atoms with Crippen LogP contribution in [0, 0.1) is 6.92 Å². The second kappa shape index (κ2) is 5.68. The first kappa shape index (κ1) is 13.2. The van der Waals surface area contributed by atoms with Crippen molar-refractivity contribution >= 4 is 0 Å². The topological polar surface area (TPSA) is 29.5 Å². The van der Waals surface area contributed by atoms with Crippen molar-refractivity contribution in [2.45, 2.75) is 31.8 Å². The number of aliphatic hydroxyl groups excluding tert-OH is 1. The molecule has 2 heteroatoms. The average Bonchev–Trinajstić information content (AvgIpc) is 2.88. The Kier molecular flexibility index (Phi) is 3.75. The molecule has 1 heterocycles. The summed E-state index contributed by atoms with van der Waals surface area (Å²) in [6.45, 7) is 2.24. The van der Waals surface area contributed by atoms with Crippen LogP contribution in [-0.2, 0) is 6.42 Å². The summed E-state index contributed by atoms with van der Waals surface area (Å²) in [5, 5.41) is 9.67. The molecule has 0 spiro atoms. The summed E-state index contributed by atoms with van der Waals surface area (Å²) >= 11 is 0. The fraction of sp³-hybridized carbons (Fsp3) is 0.333. The average molecular weight is 268 g/mol. The van der Waals surface area contributed by atoms with Gasteiger partial charge in [0.2, 0.25) is 0 Å². The fourth-order valence-corrected chi connectivity index (χ4v) is 2.86. The quantitative estimate of drug-likeness (QED) is 0.920. The molecular weight excluding hydrogens is 248 g/mol. The first-order valence-electron chi connectivity index (χ1n) is 7.18. The number of rotatable bonds is 4. The smallest absolute Gasteiger partial charge is 0.123 e. The van der Waals surface area contributed by atoms with Gasteiger partial charge in [0.05, 0.1) is 6.61 Å². The Morgan fingerprint density at radius 3 is 2.60 bits per heavy atom. The Morgan fingerprint density at radius 2 is 1.90 bits per heavy atom. The molecule has 2 atom stereocenters. The zero-order valence-electron chi connectivity index (χ0n) is 11.8. The molecular formula is C18H20O2. The summed E-state index contributed by atoms with van der Waals surface area (Å²) in [5.74, 6) is 1.15. The van der Waals surface area contributed by atoms with Gasteiger partial charge in [0.25, 0.3) is 0 Å². The van der Waals surface area contributed by atoms with Crippen molar-refractivity contribution in [2.24, 2.45) is 0 Å². The largest absolute Gasteiger partial charge is 0.490 e. The van der Waals surface area contributed by atoms with Gasteiger partial charge in [-0.15, -0.1) is 0 Å². The SMILES string of the molecule is Cc1ccc(C(CO)CC2Cc3ccccc3O2)cc1. The minimum Gasteiger partial charge on any atom is -0.490 e. The fourth-order valence-electron chi connectivity index (χ4n) is 2.86. The number of hydrogen-bond donors (Lipinski definition) is 1. The number of aryl methyl sites for hydroxylation is 1. The minimum absolute atomic E-state index is 0.148. The zero-order valence-corrected chi connectivity index (χ0v) is 11.8. The minimum atomic E-state index is 0.148. The molecule has 104 valence electrons. The number of para-hydroxylation sites is 1. The second-order valence-electron chi connectivity index (χ2n) is 5.58. The number of ether oxygens (including phenoxy) is 1. The van der Waals surface area contributed by atoms with Crippen LogP contribution in [0.15, 0.2) is 48.5 Å². The highest BCUT2D eigenvalue weighted by molar-refractivity contribution is 5.37. The third-order valence-corrected chi connectivity index (χ3v) is 4.03. The molecule has 1 aliphatic heterocycles. The Morgan fingerprint density at radius 1 is 1.15 bits per heavy atom. The number of benzene rings is 2. The Hall–Kier alpha value is -1.80. The maximum atomic E-state index is 9.67. The second-order valence-corrected chi connectivity index (χ2v) is 5.58. The van der Waals surface area contributed by atoms with E-state index in [1.807, 2.05) is 18.2 Å². The van der Waals surface area contributed by atoms with Gasteiger partial charge in [-0.1, -0.05) is 48.0 Å². The molecule has 0 fully saturated rings. The maximum Gasteiger partial charge on any atom is 0.123 e. The lowest BCUT2D eigenvalue weighted by Crippen LogP contribution is -2.19. The lowest BCUT2D eigenvalue weighted by atomic mass is 9.92. The van der Waals surface area contributed by atoms with Crippen LogP contribution in [0.3, 0.4) is 0 Å². The Labute approximate surface area is 120 Å². The highest BCUT2D eigenvalue weighted by atomic mass is 16.5. The zero-order chi connectivity index (χ0) is 13.9. The predicted molar refractivity (Wildman–Crippen MR) is 80.2 cm³/mol. The maximum absolute atomic E-state index is 9.67. The molecule has 20 heavy (non-hydrogen) atoms. The molecule has 3 rings (SSSR count). The summed E-state index contributed by atoms with van der Waals surface area (Å²) in [6.07, 6.45) is 1.97. The third kappa shape index (κ3) is 2.70. The van der Waals surface area contributed by atoms with Crippen LogP contribution in [-0.4, -0.2) is 17.8 Å². The predicted octanol–water partition coefficient (Wildman–Crippen LogP) is 3.46. The van der Waals surface area contributed by atoms with Crippen molar-refractivity contribution in [1.82, 2.24) is 0 Å². The van der Waals surface area contributed by atoms with E-state index in [1.165, 1.54) is 16.7 Å². The van der Waals surface area contributed by atoms with Gasteiger partial charge in [-0.3, -0.25) is 0 Å². The van der Waals surface area contributed by atoms with Gasteiger partial charge < -0.3 is 9.84 Å². The van der Waals surface area contributed by atoms with Crippen LogP contribution in [0.25, 0.3) is 0 Å². The highest BCUT2D eigenvalue weighted by Gasteiger charge is 2.25. The molecule has 2 unspecified atom stereocenters. The molecule has 2 aromatic rings. The van der Waals surface area contributed by atoms with Gasteiger partial charge in [-0.2, -0.15) is 0 Å². The van der Waals surface area contributed by atoms with E-state index >= 15 is 0 Å². The Bertz CT molecular complexity index is 549. The van der Waals surface area contributed by atoms with Crippen LogP contribution in [0.4, 0.5) is 0 Å². The van der Waals surface area contributed by atoms with Crippen molar-refractivity contribution in [3.05, 3.63) is 65.2 Å². The molecule has 0 saturated carbocycles. The molecule has 1 aliphatic rings. The van der Waals surface area contributed by atoms with Crippen LogP contribution >= 0.6 is 0 Å². The number of fused-ring (bicyclic) bond motifs is 1. The summed E-state index contributed by atoms with van der Waals surface area (Å²) in [6, 6.07) is 16.6. The monoisotopic (exact) mass is 268 g/mol. The van der Waals surface area contributed by atoms with E-state index in [2.05, 4.69) is 37.3 Å². The molecule has 0 bridgehead atoms. The van der Waals surface area contributed by atoms with Crippen LogP contribution in [0.1, 0.15) is 29.0 Å². The van der Waals surface area contributed by atoms with E-state index in [-0.39, 0.29) is 18.6 Å².